The maximum atomic E-state index is 13.9. The van der Waals surface area contributed by atoms with Crippen LogP contribution in [0.3, 0.4) is 0 Å². The third-order valence-electron chi connectivity index (χ3n) is 4.33. The number of nitrogens with one attached hydrogen (secondary N) is 2. The molecule has 0 aliphatic heterocycles. The fourth-order valence-corrected chi connectivity index (χ4v) is 2.82. The number of benzene rings is 2. The fourth-order valence-electron chi connectivity index (χ4n) is 2.82. The molecule has 0 spiro atoms. The van der Waals surface area contributed by atoms with Crippen LogP contribution in [-0.2, 0) is 11.3 Å². The summed E-state index contributed by atoms with van der Waals surface area (Å²) in [5.74, 6) is -0.187. The molecule has 31 heavy (non-hydrogen) atoms. The van der Waals surface area contributed by atoms with Crippen LogP contribution in [0.25, 0.3) is 5.69 Å². The smallest absolute Gasteiger partial charge is 0.272 e. The molecule has 1 heterocycles. The highest BCUT2D eigenvalue weighted by Gasteiger charge is 2.13. The standard InChI is InChI=1S/C22H23FN4O4/c1-3-24-21(28)14-31-19-9-8-15(12-20(19)30-2)13-25-22(29)17-10-11-27(26-17)18-7-5-4-6-16(18)23/h4-12H,3,13-14H2,1-2H3,(H,24,28)(H,25,29). The molecule has 2 amide bonds. The number of carbonyl (C=O) groups excluding carboxylic acids is 2. The number of hydrogen-bond acceptors (Lipinski definition) is 5. The van der Waals surface area contributed by atoms with E-state index < -0.39 is 11.7 Å². The molecule has 162 valence electrons. The van der Waals surface area contributed by atoms with E-state index in [1.165, 1.54) is 30.1 Å². The lowest BCUT2D eigenvalue weighted by Gasteiger charge is -2.12. The molecule has 9 heteroatoms. The summed E-state index contributed by atoms with van der Waals surface area (Å²) in [5, 5.41) is 9.55. The monoisotopic (exact) mass is 426 g/mol. The van der Waals surface area contributed by atoms with E-state index in [4.69, 9.17) is 9.47 Å². The van der Waals surface area contributed by atoms with Crippen molar-refractivity contribution < 1.29 is 23.5 Å². The van der Waals surface area contributed by atoms with E-state index in [1.54, 1.807) is 36.4 Å². The molecule has 0 saturated heterocycles. The number of halogens is 1. The van der Waals surface area contributed by atoms with Crippen LogP contribution in [0.5, 0.6) is 11.5 Å². The third-order valence-corrected chi connectivity index (χ3v) is 4.33. The van der Waals surface area contributed by atoms with Crippen molar-refractivity contribution in [2.45, 2.75) is 13.5 Å². The first-order chi connectivity index (χ1) is 15.0. The normalized spacial score (nSPS) is 10.4. The van der Waals surface area contributed by atoms with Gasteiger partial charge in [-0.25, -0.2) is 9.07 Å². The first-order valence-electron chi connectivity index (χ1n) is 9.67. The Morgan fingerprint density at radius 2 is 1.90 bits per heavy atom. The zero-order valence-corrected chi connectivity index (χ0v) is 17.2. The molecule has 0 unspecified atom stereocenters. The maximum Gasteiger partial charge on any atom is 0.272 e. The molecule has 0 atom stereocenters. The third kappa shape index (κ3) is 5.59. The van der Waals surface area contributed by atoms with Gasteiger partial charge in [0.1, 0.15) is 11.5 Å². The van der Waals surface area contributed by atoms with E-state index in [0.717, 1.165) is 5.56 Å². The van der Waals surface area contributed by atoms with Gasteiger partial charge in [0.15, 0.2) is 23.8 Å². The van der Waals surface area contributed by atoms with Crippen molar-refractivity contribution in [1.82, 2.24) is 20.4 Å². The van der Waals surface area contributed by atoms with Crippen LogP contribution in [0.4, 0.5) is 4.39 Å². The minimum absolute atomic E-state index is 0.120. The van der Waals surface area contributed by atoms with Crippen molar-refractivity contribution in [3.63, 3.8) is 0 Å². The Bertz CT molecular complexity index is 1070. The molecule has 8 nitrogen and oxygen atoms in total. The Labute approximate surface area is 179 Å². The molecule has 3 aromatic rings. The van der Waals surface area contributed by atoms with Gasteiger partial charge in [-0.3, -0.25) is 9.59 Å². The number of para-hydroxylation sites is 1. The van der Waals surface area contributed by atoms with Gasteiger partial charge < -0.3 is 20.1 Å². The Morgan fingerprint density at radius 3 is 2.65 bits per heavy atom. The number of methoxy groups -OCH3 is 1. The first-order valence-corrected chi connectivity index (χ1v) is 9.67. The van der Waals surface area contributed by atoms with Crippen molar-refractivity contribution in [3.05, 3.63) is 71.8 Å². The van der Waals surface area contributed by atoms with Crippen LogP contribution in [0.15, 0.2) is 54.7 Å². The minimum atomic E-state index is -0.431. The second-order valence-electron chi connectivity index (χ2n) is 6.51. The topological polar surface area (TPSA) is 94.5 Å². The number of rotatable bonds is 9. The summed E-state index contributed by atoms with van der Waals surface area (Å²) in [6.45, 7) is 2.45. The molecule has 0 bridgehead atoms. The number of nitrogens with zero attached hydrogens (tertiary/aromatic N) is 2. The van der Waals surface area contributed by atoms with Crippen LogP contribution in [-0.4, -0.2) is 41.9 Å². The van der Waals surface area contributed by atoms with Crippen molar-refractivity contribution in [2.24, 2.45) is 0 Å². The molecular formula is C22H23FN4O4. The fraction of sp³-hybridized carbons (Fsp3) is 0.227. The molecule has 0 fully saturated rings. The van der Waals surface area contributed by atoms with Gasteiger partial charge in [-0.05, 0) is 42.8 Å². The van der Waals surface area contributed by atoms with E-state index in [2.05, 4.69) is 15.7 Å². The molecule has 0 radical (unpaired) electrons. The maximum absolute atomic E-state index is 13.9. The SMILES string of the molecule is CCNC(=O)COc1ccc(CNC(=O)c2ccn(-c3ccccc3F)n2)cc1OC. The Kier molecular flexibility index (Phi) is 7.21. The van der Waals surface area contributed by atoms with E-state index in [0.29, 0.717) is 18.0 Å². The number of hydrogen-bond donors (Lipinski definition) is 2. The second kappa shape index (κ2) is 10.2. The van der Waals surface area contributed by atoms with E-state index >= 15 is 0 Å². The van der Waals surface area contributed by atoms with Crippen molar-refractivity contribution in [1.29, 1.82) is 0 Å². The van der Waals surface area contributed by atoms with Crippen molar-refractivity contribution in [2.75, 3.05) is 20.3 Å². The zero-order chi connectivity index (χ0) is 22.2. The van der Waals surface area contributed by atoms with Gasteiger partial charge in [0.05, 0.1) is 7.11 Å². The quantitative estimate of drug-likeness (QED) is 0.548. The summed E-state index contributed by atoms with van der Waals surface area (Å²) < 4.78 is 26.0. The van der Waals surface area contributed by atoms with Gasteiger partial charge in [0.25, 0.3) is 11.8 Å². The largest absolute Gasteiger partial charge is 0.493 e. The van der Waals surface area contributed by atoms with Crippen LogP contribution in [0, 0.1) is 5.82 Å². The highest BCUT2D eigenvalue weighted by atomic mass is 19.1. The average Bonchev–Trinajstić information content (AvgIpc) is 3.27. The van der Waals surface area contributed by atoms with Crippen LogP contribution in [0.1, 0.15) is 23.0 Å². The number of ether oxygens (including phenoxy) is 2. The molecule has 0 aliphatic carbocycles. The molecule has 2 aromatic carbocycles. The van der Waals surface area contributed by atoms with Crippen LogP contribution < -0.4 is 20.1 Å². The lowest BCUT2D eigenvalue weighted by molar-refractivity contribution is -0.123. The van der Waals surface area contributed by atoms with Gasteiger partial charge in [0.2, 0.25) is 0 Å². The molecule has 0 aliphatic rings. The predicted octanol–water partition coefficient (Wildman–Crippen LogP) is 2.46. The van der Waals surface area contributed by atoms with Gasteiger partial charge in [-0.2, -0.15) is 5.10 Å². The minimum Gasteiger partial charge on any atom is -0.493 e. The van der Waals surface area contributed by atoms with Gasteiger partial charge in [0, 0.05) is 19.3 Å². The molecule has 0 saturated carbocycles. The summed E-state index contributed by atoms with van der Waals surface area (Å²) in [6.07, 6.45) is 1.52. The highest BCUT2D eigenvalue weighted by molar-refractivity contribution is 5.92. The molecule has 3 rings (SSSR count). The average molecular weight is 426 g/mol. The van der Waals surface area contributed by atoms with E-state index in [-0.39, 0.29) is 30.4 Å². The number of carbonyl (C=O) groups is 2. The number of likely N-dealkylation sites (N-methyl/N-ethyl adjacent to an activating group) is 1. The zero-order valence-electron chi connectivity index (χ0n) is 17.2. The first kappa shape index (κ1) is 21.8. The lowest BCUT2D eigenvalue weighted by Crippen LogP contribution is -2.28. The summed E-state index contributed by atoms with van der Waals surface area (Å²) >= 11 is 0. The Hall–Kier alpha value is -3.88. The second-order valence-corrected chi connectivity index (χ2v) is 6.51. The summed E-state index contributed by atoms with van der Waals surface area (Å²) in [7, 11) is 1.49. The number of amides is 2. The van der Waals surface area contributed by atoms with Gasteiger partial charge in [-0.1, -0.05) is 18.2 Å². The Morgan fingerprint density at radius 1 is 1.10 bits per heavy atom. The van der Waals surface area contributed by atoms with Crippen molar-refractivity contribution >= 4 is 11.8 Å². The van der Waals surface area contributed by atoms with E-state index in [9.17, 15) is 14.0 Å². The van der Waals surface area contributed by atoms with Crippen LogP contribution >= 0.6 is 0 Å². The summed E-state index contributed by atoms with van der Waals surface area (Å²) in [6, 6.07) is 12.8. The van der Waals surface area contributed by atoms with Gasteiger partial charge in [-0.15, -0.1) is 0 Å². The van der Waals surface area contributed by atoms with Crippen LogP contribution in [0.2, 0.25) is 0 Å². The number of aromatic nitrogens is 2. The molecule has 1 aromatic heterocycles. The lowest BCUT2D eigenvalue weighted by atomic mass is 10.2. The van der Waals surface area contributed by atoms with Gasteiger partial charge >= 0.3 is 0 Å². The molecule has 2 N–H and O–H groups in total. The highest BCUT2D eigenvalue weighted by Crippen LogP contribution is 2.28. The predicted molar refractivity (Wildman–Crippen MR) is 112 cm³/mol. The summed E-state index contributed by atoms with van der Waals surface area (Å²) in [5.41, 5.74) is 1.19. The van der Waals surface area contributed by atoms with E-state index in [1.807, 2.05) is 6.92 Å². The Balaban J connectivity index is 1.61. The molecular weight excluding hydrogens is 403 g/mol. The summed E-state index contributed by atoms with van der Waals surface area (Å²) in [4.78, 5) is 24.0. The van der Waals surface area contributed by atoms with Crippen molar-refractivity contribution in [3.8, 4) is 17.2 Å².